The van der Waals surface area contributed by atoms with E-state index in [1.165, 1.54) is 7.11 Å². The molecule has 0 unspecified atom stereocenters. The zero-order valence-corrected chi connectivity index (χ0v) is 16.3. The minimum atomic E-state index is -0.592. The number of aryl methyl sites for hydroxylation is 1. The summed E-state index contributed by atoms with van der Waals surface area (Å²) in [6.07, 6.45) is 0.123. The quantitative estimate of drug-likeness (QED) is 0.614. The van der Waals surface area contributed by atoms with E-state index in [0.29, 0.717) is 34.4 Å². The highest BCUT2D eigenvalue weighted by molar-refractivity contribution is 6.42. The summed E-state index contributed by atoms with van der Waals surface area (Å²) in [6, 6.07) is 12.1. The molecule has 0 aliphatic heterocycles. The molecule has 8 heteroatoms. The van der Waals surface area contributed by atoms with Gasteiger partial charge in [0.25, 0.3) is 0 Å². The van der Waals surface area contributed by atoms with E-state index in [1.807, 2.05) is 6.07 Å². The SMILES string of the molecule is COCCOC(=O)Nc1cccc(NC(=O)CCc2cccc(Cl)c2Cl)c1. The molecule has 0 bridgehead atoms. The maximum atomic E-state index is 12.2. The normalized spacial score (nSPS) is 10.3. The molecule has 0 atom stereocenters. The van der Waals surface area contributed by atoms with Gasteiger partial charge in [-0.15, -0.1) is 0 Å². The predicted molar refractivity (Wildman–Crippen MR) is 107 cm³/mol. The van der Waals surface area contributed by atoms with Crippen LogP contribution in [0.1, 0.15) is 12.0 Å². The predicted octanol–water partition coefficient (Wildman–Crippen LogP) is 4.76. The third kappa shape index (κ3) is 7.09. The lowest BCUT2D eigenvalue weighted by Gasteiger charge is -2.10. The molecule has 0 aliphatic carbocycles. The van der Waals surface area contributed by atoms with Gasteiger partial charge in [0.05, 0.1) is 16.7 Å². The summed E-state index contributed by atoms with van der Waals surface area (Å²) in [7, 11) is 1.52. The maximum Gasteiger partial charge on any atom is 0.411 e. The second kappa shape index (κ2) is 10.8. The molecule has 2 aromatic rings. The second-order valence-electron chi connectivity index (χ2n) is 5.60. The molecule has 2 rings (SSSR count). The van der Waals surface area contributed by atoms with E-state index in [4.69, 9.17) is 32.7 Å². The number of hydrogen-bond acceptors (Lipinski definition) is 4. The molecule has 0 spiro atoms. The van der Waals surface area contributed by atoms with E-state index in [-0.39, 0.29) is 18.9 Å². The van der Waals surface area contributed by atoms with Crippen LogP contribution in [0.2, 0.25) is 10.0 Å². The van der Waals surface area contributed by atoms with Gasteiger partial charge in [-0.1, -0.05) is 41.4 Å². The van der Waals surface area contributed by atoms with Gasteiger partial charge in [-0.05, 0) is 36.2 Å². The highest BCUT2D eigenvalue weighted by atomic mass is 35.5. The topological polar surface area (TPSA) is 76.7 Å². The molecular weight excluding hydrogens is 391 g/mol. The molecule has 2 amide bonds. The van der Waals surface area contributed by atoms with E-state index in [0.717, 1.165) is 5.56 Å². The Morgan fingerprint density at radius 3 is 2.44 bits per heavy atom. The van der Waals surface area contributed by atoms with Crippen LogP contribution in [0.15, 0.2) is 42.5 Å². The molecule has 6 nitrogen and oxygen atoms in total. The first-order chi connectivity index (χ1) is 13.0. The van der Waals surface area contributed by atoms with Gasteiger partial charge < -0.3 is 14.8 Å². The fourth-order valence-corrected chi connectivity index (χ4v) is 2.67. The largest absolute Gasteiger partial charge is 0.447 e. The number of methoxy groups -OCH3 is 1. The first-order valence-corrected chi connectivity index (χ1v) is 9.00. The lowest BCUT2D eigenvalue weighted by molar-refractivity contribution is -0.116. The van der Waals surface area contributed by atoms with Crippen molar-refractivity contribution in [2.75, 3.05) is 31.0 Å². The summed E-state index contributed by atoms with van der Waals surface area (Å²) in [5.41, 5.74) is 1.88. The average molecular weight is 411 g/mol. The summed E-state index contributed by atoms with van der Waals surface area (Å²) in [5, 5.41) is 6.30. The average Bonchev–Trinajstić information content (AvgIpc) is 2.63. The van der Waals surface area contributed by atoms with Gasteiger partial charge in [0, 0.05) is 24.9 Å². The number of nitrogens with one attached hydrogen (secondary N) is 2. The van der Waals surface area contributed by atoms with E-state index < -0.39 is 6.09 Å². The second-order valence-corrected chi connectivity index (χ2v) is 6.38. The number of carbonyl (C=O) groups is 2. The molecule has 27 heavy (non-hydrogen) atoms. The van der Waals surface area contributed by atoms with Crippen molar-refractivity contribution in [3.63, 3.8) is 0 Å². The number of carbonyl (C=O) groups excluding carboxylic acids is 2. The smallest absolute Gasteiger partial charge is 0.411 e. The van der Waals surface area contributed by atoms with Crippen molar-refractivity contribution in [2.45, 2.75) is 12.8 Å². The zero-order valence-electron chi connectivity index (χ0n) is 14.8. The first kappa shape index (κ1) is 21.0. The maximum absolute atomic E-state index is 12.2. The Bertz CT molecular complexity index is 799. The van der Waals surface area contributed by atoms with E-state index in [1.54, 1.807) is 36.4 Å². The van der Waals surface area contributed by atoms with Crippen LogP contribution in [0.4, 0.5) is 16.2 Å². The molecule has 0 aliphatic rings. The van der Waals surface area contributed by atoms with Crippen molar-refractivity contribution < 1.29 is 19.1 Å². The molecule has 0 fully saturated rings. The van der Waals surface area contributed by atoms with Crippen LogP contribution in [0, 0.1) is 0 Å². The Morgan fingerprint density at radius 1 is 1.00 bits per heavy atom. The van der Waals surface area contributed by atoms with Crippen LogP contribution in [-0.4, -0.2) is 32.3 Å². The minimum Gasteiger partial charge on any atom is -0.447 e. The van der Waals surface area contributed by atoms with Gasteiger partial charge >= 0.3 is 6.09 Å². The Labute approximate surface area is 167 Å². The summed E-state index contributed by atoms with van der Waals surface area (Å²) in [5.74, 6) is -0.175. The van der Waals surface area contributed by atoms with E-state index >= 15 is 0 Å². The highest BCUT2D eigenvalue weighted by Crippen LogP contribution is 2.26. The number of hydrogen-bond donors (Lipinski definition) is 2. The summed E-state index contributed by atoms with van der Waals surface area (Å²) < 4.78 is 9.74. The van der Waals surface area contributed by atoms with Crippen LogP contribution in [0.3, 0.4) is 0 Å². The van der Waals surface area contributed by atoms with Gasteiger partial charge in [-0.25, -0.2) is 4.79 Å². The Hall–Kier alpha value is -2.28. The van der Waals surface area contributed by atoms with E-state index in [9.17, 15) is 9.59 Å². The summed E-state index contributed by atoms with van der Waals surface area (Å²) in [6.45, 7) is 0.477. The summed E-state index contributed by atoms with van der Waals surface area (Å²) >= 11 is 12.1. The molecule has 0 aromatic heterocycles. The van der Waals surface area contributed by atoms with Gasteiger partial charge in [0.1, 0.15) is 6.61 Å². The van der Waals surface area contributed by atoms with Crippen molar-refractivity contribution in [1.29, 1.82) is 0 Å². The molecule has 0 radical (unpaired) electrons. The van der Waals surface area contributed by atoms with Crippen LogP contribution in [0.5, 0.6) is 0 Å². The third-order valence-corrected chi connectivity index (χ3v) is 4.42. The van der Waals surface area contributed by atoms with Crippen molar-refractivity contribution in [2.24, 2.45) is 0 Å². The van der Waals surface area contributed by atoms with Gasteiger partial charge in [0.2, 0.25) is 5.91 Å². The summed E-state index contributed by atoms with van der Waals surface area (Å²) in [4.78, 5) is 23.8. The number of anilines is 2. The Balaban J connectivity index is 1.86. The number of ether oxygens (including phenoxy) is 2. The monoisotopic (exact) mass is 410 g/mol. The van der Waals surface area contributed by atoms with Crippen LogP contribution in [0.25, 0.3) is 0 Å². The fraction of sp³-hybridized carbons (Fsp3) is 0.263. The fourth-order valence-electron chi connectivity index (χ4n) is 2.26. The number of benzene rings is 2. The number of amides is 2. The standard InChI is InChI=1S/C19H20Cl2N2O4/c1-26-10-11-27-19(25)23-15-6-3-5-14(12-15)22-17(24)9-8-13-4-2-7-16(20)18(13)21/h2-7,12H,8-11H2,1H3,(H,22,24)(H,23,25). The number of rotatable bonds is 8. The van der Waals surface area contributed by atoms with Crippen LogP contribution < -0.4 is 10.6 Å². The van der Waals surface area contributed by atoms with Crippen molar-refractivity contribution in [3.8, 4) is 0 Å². The van der Waals surface area contributed by atoms with Crippen LogP contribution in [-0.2, 0) is 20.7 Å². The third-order valence-electron chi connectivity index (χ3n) is 3.57. The molecule has 2 N–H and O–H groups in total. The molecular formula is C19H20Cl2N2O4. The molecule has 0 saturated carbocycles. The van der Waals surface area contributed by atoms with Crippen LogP contribution >= 0.6 is 23.2 Å². The highest BCUT2D eigenvalue weighted by Gasteiger charge is 2.09. The number of halogens is 2. The van der Waals surface area contributed by atoms with Gasteiger partial charge in [0.15, 0.2) is 0 Å². The Kier molecular flexibility index (Phi) is 8.39. The minimum absolute atomic E-state index is 0.158. The van der Waals surface area contributed by atoms with Crippen molar-refractivity contribution in [3.05, 3.63) is 58.1 Å². The first-order valence-electron chi connectivity index (χ1n) is 8.25. The van der Waals surface area contributed by atoms with Crippen molar-refractivity contribution in [1.82, 2.24) is 0 Å². The lowest BCUT2D eigenvalue weighted by atomic mass is 10.1. The van der Waals surface area contributed by atoms with E-state index in [2.05, 4.69) is 10.6 Å². The van der Waals surface area contributed by atoms with Gasteiger partial charge in [-0.2, -0.15) is 0 Å². The zero-order chi connectivity index (χ0) is 19.6. The molecule has 144 valence electrons. The Morgan fingerprint density at radius 2 is 1.70 bits per heavy atom. The van der Waals surface area contributed by atoms with Crippen molar-refractivity contribution >= 4 is 46.6 Å². The molecule has 0 heterocycles. The lowest BCUT2D eigenvalue weighted by Crippen LogP contribution is -2.17. The molecule has 2 aromatic carbocycles. The molecule has 0 saturated heterocycles. The van der Waals surface area contributed by atoms with Gasteiger partial charge in [-0.3, -0.25) is 10.1 Å².